The predicted octanol–water partition coefficient (Wildman–Crippen LogP) is 2.79. The first-order valence-corrected chi connectivity index (χ1v) is 7.87. The molecule has 1 amide bonds. The van der Waals surface area contributed by atoms with Crippen molar-refractivity contribution < 1.29 is 9.53 Å². The average molecular weight is 316 g/mol. The number of likely N-dealkylation sites (tertiary alicyclic amines) is 1. The summed E-state index contributed by atoms with van der Waals surface area (Å²) in [4.78, 5) is 20.3. The lowest BCUT2D eigenvalue weighted by atomic mass is 10.0. The number of aromatic nitrogens is 1. The van der Waals surface area contributed by atoms with Gasteiger partial charge in [-0.2, -0.15) is 5.26 Å². The van der Waals surface area contributed by atoms with Crippen LogP contribution in [-0.4, -0.2) is 47.8 Å². The van der Waals surface area contributed by atoms with Crippen LogP contribution in [0.2, 0.25) is 0 Å². The van der Waals surface area contributed by atoms with Crippen molar-refractivity contribution in [2.75, 3.05) is 25.0 Å². The fourth-order valence-corrected chi connectivity index (χ4v) is 2.63. The maximum Gasteiger partial charge on any atom is 0.410 e. The van der Waals surface area contributed by atoms with Gasteiger partial charge in [-0.25, -0.2) is 9.78 Å². The van der Waals surface area contributed by atoms with Gasteiger partial charge in [-0.05, 0) is 45.7 Å². The van der Waals surface area contributed by atoms with E-state index in [4.69, 9.17) is 10.00 Å². The van der Waals surface area contributed by atoms with Crippen LogP contribution in [0.25, 0.3) is 0 Å². The summed E-state index contributed by atoms with van der Waals surface area (Å²) in [6.45, 7) is 6.96. The van der Waals surface area contributed by atoms with E-state index in [0.29, 0.717) is 24.7 Å². The van der Waals surface area contributed by atoms with Crippen LogP contribution in [0, 0.1) is 11.3 Å². The SMILES string of the molecule is CN(c1cc(C#N)ccn1)C1CCN(C(=O)OC(C)(C)C)CC1. The van der Waals surface area contributed by atoms with E-state index in [-0.39, 0.29) is 6.09 Å². The lowest BCUT2D eigenvalue weighted by molar-refractivity contribution is 0.0205. The highest BCUT2D eigenvalue weighted by Crippen LogP contribution is 2.22. The van der Waals surface area contributed by atoms with Crippen molar-refractivity contribution in [3.63, 3.8) is 0 Å². The second-order valence-electron chi connectivity index (χ2n) is 6.82. The van der Waals surface area contributed by atoms with Gasteiger partial charge in [0.1, 0.15) is 11.4 Å². The lowest BCUT2D eigenvalue weighted by Gasteiger charge is -2.37. The summed E-state index contributed by atoms with van der Waals surface area (Å²) in [5.41, 5.74) is 0.139. The highest BCUT2D eigenvalue weighted by molar-refractivity contribution is 5.68. The van der Waals surface area contributed by atoms with Gasteiger partial charge in [0.2, 0.25) is 0 Å². The van der Waals surface area contributed by atoms with E-state index >= 15 is 0 Å². The van der Waals surface area contributed by atoms with Gasteiger partial charge >= 0.3 is 6.09 Å². The first-order chi connectivity index (χ1) is 10.8. The summed E-state index contributed by atoms with van der Waals surface area (Å²) >= 11 is 0. The summed E-state index contributed by atoms with van der Waals surface area (Å²) in [6.07, 6.45) is 3.12. The lowest BCUT2D eigenvalue weighted by Crippen LogP contribution is -2.47. The van der Waals surface area contributed by atoms with Crippen molar-refractivity contribution in [2.24, 2.45) is 0 Å². The third kappa shape index (κ3) is 4.59. The monoisotopic (exact) mass is 316 g/mol. The average Bonchev–Trinajstić information content (AvgIpc) is 2.53. The van der Waals surface area contributed by atoms with Crippen LogP contribution in [-0.2, 0) is 4.74 Å². The zero-order chi connectivity index (χ0) is 17.0. The summed E-state index contributed by atoms with van der Waals surface area (Å²) in [6, 6.07) is 5.92. The van der Waals surface area contributed by atoms with E-state index in [1.54, 1.807) is 23.2 Å². The Morgan fingerprint density at radius 1 is 1.43 bits per heavy atom. The smallest absolute Gasteiger partial charge is 0.410 e. The third-order valence-corrected chi connectivity index (χ3v) is 3.90. The van der Waals surface area contributed by atoms with Gasteiger partial charge in [-0.1, -0.05) is 0 Å². The molecule has 6 heteroatoms. The Balaban J connectivity index is 1.93. The molecule has 1 saturated heterocycles. The molecule has 0 bridgehead atoms. The summed E-state index contributed by atoms with van der Waals surface area (Å²) < 4.78 is 5.41. The van der Waals surface area contributed by atoms with Gasteiger partial charge in [-0.3, -0.25) is 0 Å². The summed E-state index contributed by atoms with van der Waals surface area (Å²) in [5, 5.41) is 8.99. The number of carbonyl (C=O) groups excluding carboxylic acids is 1. The molecule has 0 spiro atoms. The Kier molecular flexibility index (Phi) is 5.09. The fraction of sp³-hybridized carbons (Fsp3) is 0.588. The molecule has 0 radical (unpaired) electrons. The van der Waals surface area contributed by atoms with Crippen LogP contribution in [0.4, 0.5) is 10.6 Å². The quantitative estimate of drug-likeness (QED) is 0.839. The Labute approximate surface area is 137 Å². The van der Waals surface area contributed by atoms with E-state index in [1.807, 2.05) is 27.8 Å². The number of piperidine rings is 1. The standard InChI is InChI=1S/C17H24N4O2/c1-17(2,3)23-16(22)21-9-6-14(7-10-21)20(4)15-11-13(12-18)5-8-19-15/h5,8,11,14H,6-7,9-10H2,1-4H3. The van der Waals surface area contributed by atoms with Gasteiger partial charge in [0.15, 0.2) is 0 Å². The van der Waals surface area contributed by atoms with Crippen LogP contribution in [0.3, 0.4) is 0 Å². The highest BCUT2D eigenvalue weighted by Gasteiger charge is 2.28. The highest BCUT2D eigenvalue weighted by atomic mass is 16.6. The Bertz CT molecular complexity index is 595. The molecule has 0 aromatic carbocycles. The molecule has 1 aromatic heterocycles. The molecule has 1 aromatic rings. The second-order valence-corrected chi connectivity index (χ2v) is 6.82. The van der Waals surface area contributed by atoms with Crippen LogP contribution in [0.1, 0.15) is 39.2 Å². The molecule has 0 aliphatic carbocycles. The number of rotatable bonds is 2. The maximum atomic E-state index is 12.1. The molecule has 1 fully saturated rings. The molecule has 1 aliphatic rings. The van der Waals surface area contributed by atoms with E-state index in [9.17, 15) is 4.79 Å². The summed E-state index contributed by atoms with van der Waals surface area (Å²) in [5.74, 6) is 0.791. The van der Waals surface area contributed by atoms with Gasteiger partial charge in [-0.15, -0.1) is 0 Å². The van der Waals surface area contributed by atoms with E-state index in [1.165, 1.54) is 0 Å². The first-order valence-electron chi connectivity index (χ1n) is 7.87. The minimum absolute atomic E-state index is 0.247. The number of hydrogen-bond acceptors (Lipinski definition) is 5. The number of amides is 1. The van der Waals surface area contributed by atoms with Gasteiger partial charge < -0.3 is 14.5 Å². The van der Waals surface area contributed by atoms with E-state index in [2.05, 4.69) is 16.0 Å². The van der Waals surface area contributed by atoms with Crippen molar-refractivity contribution in [1.29, 1.82) is 5.26 Å². The summed E-state index contributed by atoms with van der Waals surface area (Å²) in [7, 11) is 1.98. The number of carbonyl (C=O) groups is 1. The van der Waals surface area contributed by atoms with Crippen molar-refractivity contribution in [3.8, 4) is 6.07 Å². The fourth-order valence-electron chi connectivity index (χ4n) is 2.63. The molecule has 0 saturated carbocycles. The molecule has 124 valence electrons. The molecule has 1 aliphatic heterocycles. The Morgan fingerprint density at radius 3 is 2.65 bits per heavy atom. The van der Waals surface area contributed by atoms with Crippen molar-refractivity contribution in [1.82, 2.24) is 9.88 Å². The zero-order valence-corrected chi connectivity index (χ0v) is 14.2. The number of nitriles is 1. The molecule has 2 heterocycles. The molecule has 0 N–H and O–H groups in total. The van der Waals surface area contributed by atoms with Crippen molar-refractivity contribution >= 4 is 11.9 Å². The minimum atomic E-state index is -0.466. The Morgan fingerprint density at radius 2 is 2.09 bits per heavy atom. The number of nitrogens with zero attached hydrogens (tertiary/aromatic N) is 4. The topological polar surface area (TPSA) is 69.5 Å². The zero-order valence-electron chi connectivity index (χ0n) is 14.2. The first kappa shape index (κ1) is 17.1. The van der Waals surface area contributed by atoms with Crippen LogP contribution in [0.5, 0.6) is 0 Å². The van der Waals surface area contributed by atoms with Crippen LogP contribution < -0.4 is 4.90 Å². The molecule has 0 atom stereocenters. The third-order valence-electron chi connectivity index (χ3n) is 3.90. The van der Waals surface area contributed by atoms with E-state index in [0.717, 1.165) is 18.7 Å². The van der Waals surface area contributed by atoms with Gasteiger partial charge in [0.05, 0.1) is 11.6 Å². The molecular formula is C17H24N4O2. The van der Waals surface area contributed by atoms with Crippen LogP contribution >= 0.6 is 0 Å². The maximum absolute atomic E-state index is 12.1. The van der Waals surface area contributed by atoms with E-state index < -0.39 is 5.60 Å². The number of ether oxygens (including phenoxy) is 1. The normalized spacial score (nSPS) is 15.9. The number of pyridine rings is 1. The van der Waals surface area contributed by atoms with Crippen molar-refractivity contribution in [2.45, 2.75) is 45.3 Å². The molecule has 23 heavy (non-hydrogen) atoms. The molecule has 2 rings (SSSR count). The minimum Gasteiger partial charge on any atom is -0.444 e. The van der Waals surface area contributed by atoms with Gasteiger partial charge in [0, 0.05) is 32.4 Å². The largest absolute Gasteiger partial charge is 0.444 e. The Hall–Kier alpha value is -2.29. The van der Waals surface area contributed by atoms with Gasteiger partial charge in [0.25, 0.3) is 0 Å². The van der Waals surface area contributed by atoms with Crippen LogP contribution in [0.15, 0.2) is 18.3 Å². The molecule has 0 unspecified atom stereocenters. The molecular weight excluding hydrogens is 292 g/mol. The number of hydrogen-bond donors (Lipinski definition) is 0. The molecule has 6 nitrogen and oxygen atoms in total. The predicted molar refractivity (Wildman–Crippen MR) is 88.2 cm³/mol. The number of anilines is 1. The second kappa shape index (κ2) is 6.86. The van der Waals surface area contributed by atoms with Crippen molar-refractivity contribution in [3.05, 3.63) is 23.9 Å².